The maximum atomic E-state index is 6.22. The summed E-state index contributed by atoms with van der Waals surface area (Å²) in [5.41, 5.74) is 3.91. The van der Waals surface area contributed by atoms with Gasteiger partial charge in [-0.2, -0.15) is 4.68 Å². The first-order valence-electron chi connectivity index (χ1n) is 9.09. The highest BCUT2D eigenvalue weighted by Crippen LogP contribution is 2.42. The topological polar surface area (TPSA) is 55.6 Å². The van der Waals surface area contributed by atoms with E-state index in [9.17, 15) is 0 Å². The zero-order valence-electron chi connectivity index (χ0n) is 15.3. The molecule has 0 atom stereocenters. The first-order valence-corrected chi connectivity index (χ1v) is 9.84. The summed E-state index contributed by atoms with van der Waals surface area (Å²) in [7, 11) is 0. The van der Waals surface area contributed by atoms with Gasteiger partial charge in [0.15, 0.2) is 5.82 Å². The lowest BCUT2D eigenvalue weighted by molar-refractivity contribution is 0.461. The highest BCUT2D eigenvalue weighted by atomic mass is 35.5. The number of para-hydroxylation sites is 1. The van der Waals surface area contributed by atoms with Gasteiger partial charge in [-0.05, 0) is 66.4 Å². The molecule has 2 aromatic carbocycles. The Morgan fingerprint density at radius 2 is 1.70 bits per heavy atom. The van der Waals surface area contributed by atoms with Crippen LogP contribution in [-0.2, 0) is 5.54 Å². The standard InChI is InChI=1S/C20H21Cl2N5/c1-13-6-5-7-14(2)18(13)27-19(24-25-26-27)20(10-3-4-11-20)23-15-8-9-16(21)17(22)12-15/h5-9,12,23H,3-4,10-11H2,1-2H3. The fraction of sp³-hybridized carbons (Fsp3) is 0.350. The van der Waals surface area contributed by atoms with Crippen LogP contribution >= 0.6 is 23.2 Å². The molecule has 0 bridgehead atoms. The van der Waals surface area contributed by atoms with Gasteiger partial charge in [-0.15, -0.1) is 5.10 Å². The molecule has 1 aromatic heterocycles. The van der Waals surface area contributed by atoms with Crippen LogP contribution in [0.3, 0.4) is 0 Å². The third-order valence-corrected chi connectivity index (χ3v) is 6.05. The molecule has 1 saturated carbocycles. The van der Waals surface area contributed by atoms with Crippen molar-refractivity contribution >= 4 is 28.9 Å². The van der Waals surface area contributed by atoms with Crippen LogP contribution in [0.4, 0.5) is 5.69 Å². The number of anilines is 1. The second kappa shape index (κ2) is 7.13. The summed E-state index contributed by atoms with van der Waals surface area (Å²) >= 11 is 12.3. The number of nitrogens with zero attached hydrogens (tertiary/aromatic N) is 4. The van der Waals surface area contributed by atoms with E-state index in [1.165, 1.54) is 0 Å². The van der Waals surface area contributed by atoms with E-state index < -0.39 is 0 Å². The number of halogens is 2. The Hall–Kier alpha value is -2.11. The number of hydrogen-bond acceptors (Lipinski definition) is 4. The van der Waals surface area contributed by atoms with E-state index in [0.29, 0.717) is 10.0 Å². The highest BCUT2D eigenvalue weighted by molar-refractivity contribution is 6.42. The summed E-state index contributed by atoms with van der Waals surface area (Å²) in [6.45, 7) is 4.17. The van der Waals surface area contributed by atoms with Crippen molar-refractivity contribution in [1.82, 2.24) is 20.2 Å². The molecule has 0 spiro atoms. The van der Waals surface area contributed by atoms with E-state index in [1.807, 2.05) is 22.9 Å². The SMILES string of the molecule is Cc1cccc(C)c1-n1nnnc1C1(Nc2ccc(Cl)c(Cl)c2)CCCC1. The number of benzene rings is 2. The lowest BCUT2D eigenvalue weighted by atomic mass is 9.95. The molecule has 1 aliphatic rings. The van der Waals surface area contributed by atoms with Crippen LogP contribution in [-0.4, -0.2) is 20.2 Å². The van der Waals surface area contributed by atoms with Gasteiger partial charge in [-0.3, -0.25) is 0 Å². The normalized spacial score (nSPS) is 15.9. The average Bonchev–Trinajstić information content (AvgIpc) is 3.28. The minimum Gasteiger partial charge on any atom is -0.373 e. The second-order valence-corrected chi connectivity index (χ2v) is 8.01. The molecule has 5 nitrogen and oxygen atoms in total. The molecule has 0 radical (unpaired) electrons. The Labute approximate surface area is 168 Å². The third kappa shape index (κ3) is 3.30. The molecule has 1 aliphatic carbocycles. The van der Waals surface area contributed by atoms with Gasteiger partial charge in [-0.25, -0.2) is 0 Å². The fourth-order valence-corrected chi connectivity index (χ4v) is 4.31. The Balaban J connectivity index is 1.80. The minimum atomic E-state index is -0.338. The quantitative estimate of drug-likeness (QED) is 0.629. The van der Waals surface area contributed by atoms with Crippen LogP contribution < -0.4 is 5.32 Å². The Morgan fingerprint density at radius 3 is 2.37 bits per heavy atom. The average molecular weight is 402 g/mol. The number of aromatic nitrogens is 4. The van der Waals surface area contributed by atoms with Crippen LogP contribution in [0.25, 0.3) is 5.69 Å². The van der Waals surface area contributed by atoms with E-state index >= 15 is 0 Å². The van der Waals surface area contributed by atoms with Gasteiger partial charge in [0.25, 0.3) is 0 Å². The largest absolute Gasteiger partial charge is 0.373 e. The first-order chi connectivity index (χ1) is 13.0. The molecular weight excluding hydrogens is 381 g/mol. The third-order valence-electron chi connectivity index (χ3n) is 5.31. The van der Waals surface area contributed by atoms with Crippen molar-refractivity contribution in [2.45, 2.75) is 45.1 Å². The minimum absolute atomic E-state index is 0.338. The number of rotatable bonds is 4. The number of tetrazole rings is 1. The summed E-state index contributed by atoms with van der Waals surface area (Å²) < 4.78 is 1.89. The van der Waals surface area contributed by atoms with E-state index in [2.05, 4.69) is 52.9 Å². The van der Waals surface area contributed by atoms with Crippen LogP contribution in [0.5, 0.6) is 0 Å². The summed E-state index contributed by atoms with van der Waals surface area (Å²) in [6.07, 6.45) is 4.15. The van der Waals surface area contributed by atoms with E-state index in [-0.39, 0.29) is 5.54 Å². The van der Waals surface area contributed by atoms with Gasteiger partial charge < -0.3 is 5.32 Å². The Kier molecular flexibility index (Phi) is 4.82. The van der Waals surface area contributed by atoms with Crippen LogP contribution in [0, 0.1) is 13.8 Å². The molecule has 140 valence electrons. The van der Waals surface area contributed by atoms with Gasteiger partial charge >= 0.3 is 0 Å². The zero-order valence-corrected chi connectivity index (χ0v) is 16.8. The lowest BCUT2D eigenvalue weighted by Gasteiger charge is -2.30. The molecule has 1 N–H and O–H groups in total. The summed E-state index contributed by atoms with van der Waals surface area (Å²) in [5, 5.41) is 17.5. The van der Waals surface area contributed by atoms with Crippen molar-refractivity contribution in [3.63, 3.8) is 0 Å². The maximum absolute atomic E-state index is 6.22. The van der Waals surface area contributed by atoms with E-state index in [1.54, 1.807) is 0 Å². The predicted octanol–water partition coefficient (Wildman–Crippen LogP) is 5.47. The molecule has 0 saturated heterocycles. The monoisotopic (exact) mass is 401 g/mol. The molecule has 7 heteroatoms. The Bertz CT molecular complexity index is 956. The number of nitrogens with one attached hydrogen (secondary N) is 1. The molecule has 3 aromatic rings. The molecule has 27 heavy (non-hydrogen) atoms. The summed E-state index contributed by atoms with van der Waals surface area (Å²) in [5.74, 6) is 0.837. The van der Waals surface area contributed by atoms with E-state index in [0.717, 1.165) is 54.0 Å². The van der Waals surface area contributed by atoms with Gasteiger partial charge in [0, 0.05) is 5.69 Å². The summed E-state index contributed by atoms with van der Waals surface area (Å²) in [6, 6.07) is 11.8. The molecule has 0 aliphatic heterocycles. The number of hydrogen-bond donors (Lipinski definition) is 1. The van der Waals surface area contributed by atoms with E-state index in [4.69, 9.17) is 23.2 Å². The van der Waals surface area contributed by atoms with Gasteiger partial charge in [0.1, 0.15) is 0 Å². The summed E-state index contributed by atoms with van der Waals surface area (Å²) in [4.78, 5) is 0. The van der Waals surface area contributed by atoms with Gasteiger partial charge in [0.2, 0.25) is 0 Å². The molecule has 1 heterocycles. The fourth-order valence-electron chi connectivity index (χ4n) is 4.01. The van der Waals surface area contributed by atoms with Crippen molar-refractivity contribution in [3.8, 4) is 5.69 Å². The molecular formula is C20H21Cl2N5. The molecule has 1 fully saturated rings. The predicted molar refractivity (Wildman–Crippen MR) is 109 cm³/mol. The second-order valence-electron chi connectivity index (χ2n) is 7.20. The van der Waals surface area contributed by atoms with Crippen LogP contribution in [0.2, 0.25) is 10.0 Å². The van der Waals surface area contributed by atoms with Crippen molar-refractivity contribution in [2.24, 2.45) is 0 Å². The maximum Gasteiger partial charge on any atom is 0.181 e. The number of aryl methyl sites for hydroxylation is 2. The zero-order chi connectivity index (χ0) is 19.0. The molecule has 0 unspecified atom stereocenters. The highest BCUT2D eigenvalue weighted by Gasteiger charge is 2.41. The molecule has 0 amide bonds. The van der Waals surface area contributed by atoms with Gasteiger partial charge in [-0.1, -0.05) is 54.2 Å². The van der Waals surface area contributed by atoms with Crippen LogP contribution in [0.1, 0.15) is 42.6 Å². The van der Waals surface area contributed by atoms with Crippen molar-refractivity contribution in [2.75, 3.05) is 5.32 Å². The van der Waals surface area contributed by atoms with Crippen molar-refractivity contribution < 1.29 is 0 Å². The van der Waals surface area contributed by atoms with Crippen molar-refractivity contribution in [3.05, 3.63) is 63.4 Å². The first kappa shape index (κ1) is 18.3. The lowest BCUT2D eigenvalue weighted by Crippen LogP contribution is -2.35. The Morgan fingerprint density at radius 1 is 1.00 bits per heavy atom. The van der Waals surface area contributed by atoms with Crippen LogP contribution in [0.15, 0.2) is 36.4 Å². The smallest absolute Gasteiger partial charge is 0.181 e. The molecule has 4 rings (SSSR count). The van der Waals surface area contributed by atoms with Gasteiger partial charge in [0.05, 0.1) is 21.3 Å². The van der Waals surface area contributed by atoms with Crippen molar-refractivity contribution in [1.29, 1.82) is 0 Å².